The lowest BCUT2D eigenvalue weighted by atomic mass is 10.1. The quantitative estimate of drug-likeness (QED) is 0.350. The summed E-state index contributed by atoms with van der Waals surface area (Å²) in [6.45, 7) is 4.14. The number of urea groups is 1. The lowest BCUT2D eigenvalue weighted by Gasteiger charge is -2.13. The van der Waals surface area contributed by atoms with Crippen LogP contribution in [-0.2, 0) is 5.75 Å². The summed E-state index contributed by atoms with van der Waals surface area (Å²) in [7, 11) is 0. The van der Waals surface area contributed by atoms with Crippen LogP contribution in [-0.4, -0.2) is 6.03 Å². The summed E-state index contributed by atoms with van der Waals surface area (Å²) in [6.07, 6.45) is 0. The van der Waals surface area contributed by atoms with Crippen molar-refractivity contribution in [1.29, 1.82) is 0 Å². The topological polar surface area (TPSA) is 67.2 Å². The second-order valence-electron chi connectivity index (χ2n) is 4.77. The molecule has 0 spiro atoms. The minimum absolute atomic E-state index is 0.418. The van der Waals surface area contributed by atoms with Gasteiger partial charge in [0.1, 0.15) is 0 Å². The Morgan fingerprint density at radius 2 is 1.81 bits per heavy atom. The van der Waals surface area contributed by atoms with Crippen molar-refractivity contribution >= 4 is 23.5 Å². The van der Waals surface area contributed by atoms with Crippen LogP contribution in [0.4, 0.5) is 10.5 Å². The molecule has 0 heterocycles. The number of nitrogens with two attached hydrogens (primary N) is 1. The number of thioether (sulfide) groups is 1. The molecule has 0 saturated heterocycles. The lowest BCUT2D eigenvalue weighted by molar-refractivity contribution is 0.252. The van der Waals surface area contributed by atoms with Crippen molar-refractivity contribution in [2.45, 2.75) is 24.5 Å². The minimum Gasteiger partial charge on any atom is -0.306 e. The molecule has 4 nitrogen and oxygen atoms in total. The lowest BCUT2D eigenvalue weighted by Crippen LogP contribution is -2.34. The van der Waals surface area contributed by atoms with Gasteiger partial charge in [0.2, 0.25) is 0 Å². The number of carbonyl (C=O) groups excluding carboxylic acids is 1. The Kier molecular flexibility index (Phi) is 5.25. The molecular formula is C16H19N3OS. The Morgan fingerprint density at radius 1 is 1.10 bits per heavy atom. The molecule has 5 heteroatoms. The zero-order valence-corrected chi connectivity index (χ0v) is 13.0. The van der Waals surface area contributed by atoms with Crippen molar-refractivity contribution in [2.24, 2.45) is 5.84 Å². The van der Waals surface area contributed by atoms with Crippen LogP contribution < -0.4 is 16.6 Å². The molecule has 0 fully saturated rings. The van der Waals surface area contributed by atoms with Gasteiger partial charge in [-0.3, -0.25) is 5.43 Å². The van der Waals surface area contributed by atoms with Crippen LogP contribution in [0.1, 0.15) is 16.7 Å². The molecule has 2 aromatic rings. The van der Waals surface area contributed by atoms with Crippen molar-refractivity contribution in [3.63, 3.8) is 0 Å². The molecular weight excluding hydrogens is 282 g/mol. The van der Waals surface area contributed by atoms with E-state index in [4.69, 9.17) is 5.84 Å². The van der Waals surface area contributed by atoms with E-state index in [1.54, 1.807) is 11.8 Å². The molecule has 4 N–H and O–H groups in total. The van der Waals surface area contributed by atoms with E-state index in [9.17, 15) is 4.79 Å². The standard InChI is InChI=1S/C16H19N3OS/c1-11-6-3-4-8-13(11)10-21-15-12(2)7-5-9-14(15)18-16(20)19-17/h3-9H,10,17H2,1-2H3,(H2,18,19,20). The largest absolute Gasteiger partial charge is 0.333 e. The smallest absolute Gasteiger partial charge is 0.306 e. The molecule has 0 unspecified atom stereocenters. The van der Waals surface area contributed by atoms with Gasteiger partial charge in [0, 0.05) is 10.6 Å². The summed E-state index contributed by atoms with van der Waals surface area (Å²) < 4.78 is 0. The number of carbonyl (C=O) groups is 1. The zero-order chi connectivity index (χ0) is 15.2. The van der Waals surface area contributed by atoms with Gasteiger partial charge < -0.3 is 5.32 Å². The predicted molar refractivity (Wildman–Crippen MR) is 88.3 cm³/mol. The maximum atomic E-state index is 11.4. The SMILES string of the molecule is Cc1ccccc1CSc1c(C)cccc1NC(=O)NN. The van der Waals surface area contributed by atoms with Gasteiger partial charge in [-0.1, -0.05) is 36.4 Å². The fourth-order valence-electron chi connectivity index (χ4n) is 2.02. The number of amides is 2. The van der Waals surface area contributed by atoms with Crippen LogP contribution >= 0.6 is 11.8 Å². The summed E-state index contributed by atoms with van der Waals surface area (Å²) in [5.41, 5.74) is 6.55. The number of hydrogen-bond donors (Lipinski definition) is 3. The average Bonchev–Trinajstić information content (AvgIpc) is 2.48. The zero-order valence-electron chi connectivity index (χ0n) is 12.1. The van der Waals surface area contributed by atoms with E-state index in [1.807, 2.05) is 37.3 Å². The van der Waals surface area contributed by atoms with Crippen LogP contribution in [0.2, 0.25) is 0 Å². The molecule has 0 bridgehead atoms. The first-order valence-electron chi connectivity index (χ1n) is 6.66. The van der Waals surface area contributed by atoms with Crippen molar-refractivity contribution < 1.29 is 4.79 Å². The summed E-state index contributed by atoms with van der Waals surface area (Å²) in [5, 5.41) is 2.76. The molecule has 2 aromatic carbocycles. The van der Waals surface area contributed by atoms with Gasteiger partial charge in [0.05, 0.1) is 5.69 Å². The Balaban J connectivity index is 2.19. The molecule has 0 atom stereocenters. The summed E-state index contributed by atoms with van der Waals surface area (Å²) in [4.78, 5) is 12.5. The summed E-state index contributed by atoms with van der Waals surface area (Å²) in [6, 6.07) is 13.7. The van der Waals surface area contributed by atoms with Crippen LogP contribution in [0, 0.1) is 13.8 Å². The Bertz CT molecular complexity index is 643. The average molecular weight is 301 g/mol. The van der Waals surface area contributed by atoms with E-state index in [0.29, 0.717) is 0 Å². The first-order valence-corrected chi connectivity index (χ1v) is 7.65. The van der Waals surface area contributed by atoms with E-state index in [2.05, 4.69) is 29.8 Å². The maximum Gasteiger partial charge on any atom is 0.333 e. The molecule has 110 valence electrons. The molecule has 0 aliphatic rings. The fourth-order valence-corrected chi connectivity index (χ4v) is 3.22. The van der Waals surface area contributed by atoms with E-state index >= 15 is 0 Å². The normalized spacial score (nSPS) is 10.2. The number of anilines is 1. The number of hydrazine groups is 1. The molecule has 0 saturated carbocycles. The molecule has 0 aromatic heterocycles. The van der Waals surface area contributed by atoms with E-state index in [1.165, 1.54) is 11.1 Å². The predicted octanol–water partition coefficient (Wildman–Crippen LogP) is 3.59. The highest BCUT2D eigenvalue weighted by Crippen LogP contribution is 2.33. The van der Waals surface area contributed by atoms with Crippen LogP contribution in [0.15, 0.2) is 47.4 Å². The Morgan fingerprint density at radius 3 is 2.52 bits per heavy atom. The van der Waals surface area contributed by atoms with E-state index < -0.39 is 6.03 Å². The molecule has 2 rings (SSSR count). The number of hydrogen-bond acceptors (Lipinski definition) is 3. The van der Waals surface area contributed by atoms with Gasteiger partial charge in [-0.25, -0.2) is 10.6 Å². The molecule has 0 aliphatic heterocycles. The fraction of sp³-hybridized carbons (Fsp3) is 0.188. The van der Waals surface area contributed by atoms with E-state index in [-0.39, 0.29) is 0 Å². The van der Waals surface area contributed by atoms with Gasteiger partial charge in [-0.15, -0.1) is 11.8 Å². The van der Waals surface area contributed by atoms with Gasteiger partial charge in [-0.2, -0.15) is 0 Å². The Hall–Kier alpha value is -1.98. The third-order valence-electron chi connectivity index (χ3n) is 3.22. The molecule has 0 radical (unpaired) electrons. The minimum atomic E-state index is -0.418. The monoisotopic (exact) mass is 301 g/mol. The van der Waals surface area contributed by atoms with Crippen molar-refractivity contribution in [1.82, 2.24) is 5.43 Å². The van der Waals surface area contributed by atoms with Crippen molar-refractivity contribution in [2.75, 3.05) is 5.32 Å². The number of benzene rings is 2. The third-order valence-corrected chi connectivity index (χ3v) is 4.51. The van der Waals surface area contributed by atoms with Gasteiger partial charge in [-0.05, 0) is 36.6 Å². The summed E-state index contributed by atoms with van der Waals surface area (Å²) in [5.74, 6) is 5.98. The first-order chi connectivity index (χ1) is 10.1. The van der Waals surface area contributed by atoms with Gasteiger partial charge >= 0.3 is 6.03 Å². The first kappa shape index (κ1) is 15.4. The second kappa shape index (κ2) is 7.15. The van der Waals surface area contributed by atoms with Crippen LogP contribution in [0.25, 0.3) is 0 Å². The summed E-state index contributed by atoms with van der Waals surface area (Å²) >= 11 is 1.71. The highest BCUT2D eigenvalue weighted by Gasteiger charge is 2.09. The van der Waals surface area contributed by atoms with Crippen molar-refractivity contribution in [3.05, 3.63) is 59.2 Å². The van der Waals surface area contributed by atoms with Crippen molar-refractivity contribution in [3.8, 4) is 0 Å². The molecule has 21 heavy (non-hydrogen) atoms. The van der Waals surface area contributed by atoms with Crippen LogP contribution in [0.5, 0.6) is 0 Å². The number of rotatable bonds is 4. The molecule has 0 aliphatic carbocycles. The number of aryl methyl sites for hydroxylation is 2. The van der Waals surface area contributed by atoms with E-state index in [0.717, 1.165) is 21.9 Å². The Labute approximate surface area is 129 Å². The highest BCUT2D eigenvalue weighted by atomic mass is 32.2. The second-order valence-corrected chi connectivity index (χ2v) is 5.75. The number of nitrogens with one attached hydrogen (secondary N) is 2. The third kappa shape index (κ3) is 4.00. The van der Waals surface area contributed by atoms with Gasteiger partial charge in [0.25, 0.3) is 0 Å². The van der Waals surface area contributed by atoms with Gasteiger partial charge in [0.15, 0.2) is 0 Å². The maximum absolute atomic E-state index is 11.4. The van der Waals surface area contributed by atoms with Crippen LogP contribution in [0.3, 0.4) is 0 Å². The molecule has 2 amide bonds. The highest BCUT2D eigenvalue weighted by molar-refractivity contribution is 7.98.